The number of benzene rings is 3. The van der Waals surface area contributed by atoms with E-state index >= 15 is 0 Å². The Morgan fingerprint density at radius 1 is 1.06 bits per heavy atom. The first-order chi connectivity index (χ1) is 22.6. The topological polar surface area (TPSA) is 164 Å². The van der Waals surface area contributed by atoms with Crippen LogP contribution in [0.15, 0.2) is 82.9 Å². The summed E-state index contributed by atoms with van der Waals surface area (Å²) in [5.74, 6) is 0.466. The molecule has 12 nitrogen and oxygen atoms in total. The van der Waals surface area contributed by atoms with Crippen LogP contribution in [-0.4, -0.2) is 54.3 Å². The molecule has 0 aromatic heterocycles. The third kappa shape index (κ3) is 9.02. The van der Waals surface area contributed by atoms with E-state index in [0.29, 0.717) is 41.2 Å². The summed E-state index contributed by atoms with van der Waals surface area (Å²) in [5, 5.41) is 15.9. The molecule has 1 aliphatic rings. The summed E-state index contributed by atoms with van der Waals surface area (Å²) in [6, 6.07) is 21.6. The number of amides is 1. The summed E-state index contributed by atoms with van der Waals surface area (Å²) in [6.45, 7) is 5.87. The van der Waals surface area contributed by atoms with Crippen LogP contribution in [0.2, 0.25) is 0 Å². The van der Waals surface area contributed by atoms with Crippen molar-refractivity contribution in [2.45, 2.75) is 70.4 Å². The van der Waals surface area contributed by atoms with Crippen molar-refractivity contribution in [2.24, 2.45) is 10.1 Å². The van der Waals surface area contributed by atoms with Crippen LogP contribution in [0, 0.1) is 0 Å². The van der Waals surface area contributed by atoms with Gasteiger partial charge in [-0.2, -0.15) is 0 Å². The molecular formula is C35H41N5O7. The van der Waals surface area contributed by atoms with Gasteiger partial charge in [0.2, 0.25) is 5.90 Å². The van der Waals surface area contributed by atoms with Gasteiger partial charge in [-0.05, 0) is 74.2 Å². The lowest BCUT2D eigenvalue weighted by atomic mass is 9.81. The maximum absolute atomic E-state index is 14.5. The Kier molecular flexibility index (Phi) is 11.8. The van der Waals surface area contributed by atoms with Crippen molar-refractivity contribution < 1.29 is 33.6 Å². The monoisotopic (exact) mass is 643 g/mol. The molecule has 0 saturated heterocycles. The largest absolute Gasteiger partial charge is 0.496 e. The molecular weight excluding hydrogens is 602 g/mol. The molecule has 0 bridgehead atoms. The fraction of sp³-hybridized carbons (Fsp3) is 0.400. The number of nitrogens with one attached hydrogen (secondary N) is 1. The number of nitrogens with zero attached hydrogens (tertiary/aromatic N) is 4. The summed E-state index contributed by atoms with van der Waals surface area (Å²) in [7, 11) is 1.56. The highest BCUT2D eigenvalue weighted by molar-refractivity contribution is 6.01. The normalized spacial score (nSPS) is 17.1. The van der Waals surface area contributed by atoms with Crippen molar-refractivity contribution in [3.8, 4) is 11.5 Å². The molecule has 1 heterocycles. The summed E-state index contributed by atoms with van der Waals surface area (Å²) in [5.41, 5.74) is 9.33. The smallest absolute Gasteiger partial charge is 0.306 e. The van der Waals surface area contributed by atoms with E-state index in [-0.39, 0.29) is 38.4 Å². The van der Waals surface area contributed by atoms with E-state index in [1.807, 2.05) is 24.3 Å². The summed E-state index contributed by atoms with van der Waals surface area (Å²) >= 11 is 0. The Hall–Kier alpha value is -5.06. The number of carbonyl (C=O) groups is 2. The number of carbonyl (C=O) groups excluding carboxylic acids is 2. The number of hydrogen-bond donors (Lipinski definition) is 2. The van der Waals surface area contributed by atoms with Crippen molar-refractivity contribution in [2.75, 3.05) is 20.3 Å². The molecule has 47 heavy (non-hydrogen) atoms. The van der Waals surface area contributed by atoms with E-state index in [4.69, 9.17) is 34.6 Å². The minimum Gasteiger partial charge on any atom is -0.496 e. The van der Waals surface area contributed by atoms with E-state index in [2.05, 4.69) is 15.3 Å². The average molecular weight is 644 g/mol. The standard InChI is InChI=1S/C35H41N5O7/c1-34(2,3)47-30(42)18-19-35(33(43)37-22-26-11-6-8-13-29(26)44-4)31(28-12-7-5-10-25(28)23-38-40-36)46-32(39-35)24-14-16-27(17-15-24)45-21-9-20-41/h5-8,10-17,31,41H,9,18-23H2,1-4H3,(H,37,43)/t31-,35-/m1/s1. The highest BCUT2D eigenvalue weighted by Crippen LogP contribution is 2.44. The van der Waals surface area contributed by atoms with Crippen LogP contribution in [0.4, 0.5) is 0 Å². The number of para-hydroxylation sites is 1. The minimum absolute atomic E-state index is 0.0206. The van der Waals surface area contributed by atoms with Crippen LogP contribution in [0.1, 0.15) is 68.4 Å². The number of rotatable bonds is 15. The van der Waals surface area contributed by atoms with Gasteiger partial charge < -0.3 is 29.4 Å². The Morgan fingerprint density at radius 3 is 2.45 bits per heavy atom. The molecule has 248 valence electrons. The minimum atomic E-state index is -1.61. The van der Waals surface area contributed by atoms with Gasteiger partial charge in [-0.25, -0.2) is 4.99 Å². The lowest BCUT2D eigenvalue weighted by Gasteiger charge is -2.32. The van der Waals surface area contributed by atoms with E-state index in [1.54, 1.807) is 76.4 Å². The Labute approximate surface area is 274 Å². The van der Waals surface area contributed by atoms with Gasteiger partial charge >= 0.3 is 5.97 Å². The Balaban J connectivity index is 1.79. The van der Waals surface area contributed by atoms with Crippen molar-refractivity contribution >= 4 is 17.8 Å². The molecule has 0 fully saturated rings. The fourth-order valence-electron chi connectivity index (χ4n) is 5.25. The molecule has 0 radical (unpaired) electrons. The Bertz CT molecular complexity index is 1610. The molecule has 1 aliphatic heterocycles. The molecule has 1 amide bonds. The third-order valence-corrected chi connectivity index (χ3v) is 7.43. The quantitative estimate of drug-likeness (QED) is 0.0678. The SMILES string of the molecule is COc1ccccc1CNC(=O)[C@]1(CCC(=O)OC(C)(C)C)N=C(c2ccc(OCCCO)cc2)O[C@@H]1c1ccccc1CN=[N+]=[N-]. The molecule has 12 heteroatoms. The number of azide groups is 1. The molecule has 4 rings (SSSR count). The first-order valence-corrected chi connectivity index (χ1v) is 15.4. The fourth-order valence-corrected chi connectivity index (χ4v) is 5.25. The van der Waals surface area contributed by atoms with Crippen LogP contribution < -0.4 is 14.8 Å². The number of hydrogen-bond acceptors (Lipinski definition) is 9. The van der Waals surface area contributed by atoms with Gasteiger partial charge in [0.15, 0.2) is 11.6 Å². The van der Waals surface area contributed by atoms with Crippen LogP contribution in [-0.2, 0) is 32.2 Å². The predicted molar refractivity (Wildman–Crippen MR) is 176 cm³/mol. The van der Waals surface area contributed by atoms with Crippen molar-refractivity contribution in [3.05, 3.63) is 105 Å². The molecule has 0 saturated carbocycles. The first kappa shape index (κ1) is 34.8. The number of esters is 1. The predicted octanol–water partition coefficient (Wildman–Crippen LogP) is 5.96. The zero-order valence-corrected chi connectivity index (χ0v) is 27.1. The van der Waals surface area contributed by atoms with Gasteiger partial charge in [0.25, 0.3) is 5.91 Å². The second-order valence-corrected chi connectivity index (χ2v) is 12.0. The highest BCUT2D eigenvalue weighted by Gasteiger charge is 2.53. The number of aliphatic hydroxyl groups excluding tert-OH is 1. The molecule has 0 spiro atoms. The van der Waals surface area contributed by atoms with E-state index in [9.17, 15) is 9.59 Å². The van der Waals surface area contributed by atoms with Crippen molar-refractivity contribution in [1.29, 1.82) is 0 Å². The third-order valence-electron chi connectivity index (χ3n) is 7.43. The van der Waals surface area contributed by atoms with E-state index in [1.165, 1.54) is 0 Å². The van der Waals surface area contributed by atoms with Crippen LogP contribution in [0.5, 0.6) is 11.5 Å². The summed E-state index contributed by atoms with van der Waals surface area (Å²) in [6.07, 6.45) is -0.639. The summed E-state index contributed by atoms with van der Waals surface area (Å²) < 4.78 is 23.3. The molecule has 0 aliphatic carbocycles. The van der Waals surface area contributed by atoms with E-state index in [0.717, 1.165) is 5.56 Å². The van der Waals surface area contributed by atoms with Gasteiger partial charge in [-0.15, -0.1) is 0 Å². The van der Waals surface area contributed by atoms with Crippen LogP contribution in [0.25, 0.3) is 10.4 Å². The molecule has 3 aromatic carbocycles. The number of ether oxygens (including phenoxy) is 4. The van der Waals surface area contributed by atoms with Gasteiger partial charge in [0.05, 0.1) is 20.3 Å². The second-order valence-electron chi connectivity index (χ2n) is 12.0. The van der Waals surface area contributed by atoms with Gasteiger partial charge in [-0.3, -0.25) is 9.59 Å². The maximum atomic E-state index is 14.5. The van der Waals surface area contributed by atoms with E-state index < -0.39 is 29.1 Å². The number of aliphatic imine (C=N–C) groups is 1. The second kappa shape index (κ2) is 16.0. The highest BCUT2D eigenvalue weighted by atomic mass is 16.6. The Morgan fingerprint density at radius 2 is 1.77 bits per heavy atom. The average Bonchev–Trinajstić information content (AvgIpc) is 3.46. The molecule has 3 aromatic rings. The zero-order valence-electron chi connectivity index (χ0n) is 27.1. The lowest BCUT2D eigenvalue weighted by Crippen LogP contribution is -2.48. The number of methoxy groups -OCH3 is 1. The van der Waals surface area contributed by atoms with Gasteiger partial charge in [0.1, 0.15) is 17.1 Å². The maximum Gasteiger partial charge on any atom is 0.306 e. The summed E-state index contributed by atoms with van der Waals surface area (Å²) in [4.78, 5) is 35.4. The molecule has 2 atom stereocenters. The zero-order chi connectivity index (χ0) is 33.9. The van der Waals surface area contributed by atoms with Crippen molar-refractivity contribution in [3.63, 3.8) is 0 Å². The molecule has 2 N–H and O–H groups in total. The van der Waals surface area contributed by atoms with Crippen LogP contribution in [0.3, 0.4) is 0 Å². The van der Waals surface area contributed by atoms with Crippen molar-refractivity contribution in [1.82, 2.24) is 5.32 Å². The van der Waals surface area contributed by atoms with Crippen LogP contribution >= 0.6 is 0 Å². The van der Waals surface area contributed by atoms with Gasteiger partial charge in [0, 0.05) is 42.0 Å². The van der Waals surface area contributed by atoms with Gasteiger partial charge in [-0.1, -0.05) is 47.6 Å². The lowest BCUT2D eigenvalue weighted by molar-refractivity contribution is -0.155. The first-order valence-electron chi connectivity index (χ1n) is 15.4. The number of aliphatic hydroxyl groups is 1. The molecule has 0 unspecified atom stereocenters.